The Morgan fingerprint density at radius 2 is 1.10 bits per heavy atom. The van der Waals surface area contributed by atoms with Crippen LogP contribution < -0.4 is 22.1 Å². The molecule has 1 aromatic carbocycles. The van der Waals surface area contributed by atoms with Crippen LogP contribution in [0.3, 0.4) is 0 Å². The first-order chi connectivity index (χ1) is 13.1. The quantitative estimate of drug-likeness (QED) is 0.536. The number of nitrogens with one attached hydrogen (secondary N) is 2. The van der Waals surface area contributed by atoms with Crippen LogP contribution in [-0.2, 0) is 0 Å². The van der Waals surface area contributed by atoms with Crippen molar-refractivity contribution in [3.63, 3.8) is 0 Å². The van der Waals surface area contributed by atoms with Gasteiger partial charge in [0, 0.05) is 33.5 Å². The van der Waals surface area contributed by atoms with E-state index in [1.165, 1.54) is 5.56 Å². The predicted molar refractivity (Wildman–Crippen MR) is 126 cm³/mol. The van der Waals surface area contributed by atoms with Crippen molar-refractivity contribution < 1.29 is 0 Å². The van der Waals surface area contributed by atoms with Crippen LogP contribution in [0.4, 0.5) is 11.4 Å². The molecule has 0 unspecified atom stereocenters. The second-order valence-electron chi connectivity index (χ2n) is 12.5. The number of anilines is 2. The minimum atomic E-state index is 0.116. The Kier molecular flexibility index (Phi) is 5.54. The first-order valence-corrected chi connectivity index (χ1v) is 11.3. The van der Waals surface area contributed by atoms with Crippen molar-refractivity contribution in [2.45, 2.75) is 109 Å². The molecule has 2 fully saturated rings. The smallest absolute Gasteiger partial charge is 0.0370 e. The summed E-state index contributed by atoms with van der Waals surface area (Å²) < 4.78 is 0. The average molecular weight is 401 g/mol. The maximum atomic E-state index is 6.59. The number of nitrogen functional groups attached to an aromatic ring is 2. The molecule has 164 valence electrons. The lowest BCUT2D eigenvalue weighted by molar-refractivity contribution is 0.0555. The number of piperidine rings is 2. The fourth-order valence-corrected chi connectivity index (χ4v) is 7.10. The van der Waals surface area contributed by atoms with Gasteiger partial charge in [-0.3, -0.25) is 0 Å². The molecule has 2 aliphatic heterocycles. The number of rotatable bonds is 3. The molecule has 4 nitrogen and oxygen atoms in total. The van der Waals surface area contributed by atoms with Crippen molar-refractivity contribution in [3.05, 3.63) is 23.8 Å². The molecule has 29 heavy (non-hydrogen) atoms. The van der Waals surface area contributed by atoms with E-state index in [0.717, 1.165) is 37.1 Å². The molecule has 0 spiro atoms. The van der Waals surface area contributed by atoms with E-state index in [4.69, 9.17) is 11.5 Å². The van der Waals surface area contributed by atoms with Gasteiger partial charge >= 0.3 is 0 Å². The van der Waals surface area contributed by atoms with Gasteiger partial charge in [-0.25, -0.2) is 0 Å². The minimum Gasteiger partial charge on any atom is -0.399 e. The van der Waals surface area contributed by atoms with Crippen molar-refractivity contribution in [1.82, 2.24) is 10.6 Å². The van der Waals surface area contributed by atoms with E-state index in [2.05, 4.69) is 72.1 Å². The minimum absolute atomic E-state index is 0.116. The highest BCUT2D eigenvalue weighted by atomic mass is 15.1. The molecule has 1 aromatic rings. The molecule has 4 heteroatoms. The van der Waals surface area contributed by atoms with E-state index in [1.807, 2.05) is 12.1 Å². The van der Waals surface area contributed by atoms with E-state index in [9.17, 15) is 0 Å². The molecule has 0 aromatic heterocycles. The van der Waals surface area contributed by atoms with Gasteiger partial charge in [-0.1, -0.05) is 6.07 Å². The Balaban J connectivity index is 2.07. The highest BCUT2D eigenvalue weighted by molar-refractivity contribution is 5.58. The highest BCUT2D eigenvalue weighted by Gasteiger charge is 2.47. The Labute approximate surface area is 178 Å². The zero-order valence-electron chi connectivity index (χ0n) is 19.9. The van der Waals surface area contributed by atoms with Crippen LogP contribution in [0.25, 0.3) is 0 Å². The van der Waals surface area contributed by atoms with Gasteiger partial charge in [0.25, 0.3) is 0 Å². The normalized spacial score (nSPS) is 26.5. The molecule has 0 amide bonds. The molecule has 3 rings (SSSR count). The summed E-state index contributed by atoms with van der Waals surface area (Å²) in [5.41, 5.74) is 16.0. The highest BCUT2D eigenvalue weighted by Crippen LogP contribution is 2.51. The molecule has 6 N–H and O–H groups in total. The largest absolute Gasteiger partial charge is 0.399 e. The molecule has 0 radical (unpaired) electrons. The summed E-state index contributed by atoms with van der Waals surface area (Å²) >= 11 is 0. The monoisotopic (exact) mass is 400 g/mol. The van der Waals surface area contributed by atoms with Crippen molar-refractivity contribution >= 4 is 11.4 Å². The first kappa shape index (κ1) is 22.4. The van der Waals surface area contributed by atoms with Crippen LogP contribution in [-0.4, -0.2) is 22.2 Å². The van der Waals surface area contributed by atoms with Crippen molar-refractivity contribution in [1.29, 1.82) is 0 Å². The molecule has 0 aliphatic carbocycles. The van der Waals surface area contributed by atoms with Gasteiger partial charge in [0.15, 0.2) is 0 Å². The number of benzene rings is 1. The summed E-state index contributed by atoms with van der Waals surface area (Å²) in [5.74, 6) is 1.61. The summed E-state index contributed by atoms with van der Waals surface area (Å²) in [6, 6.07) is 6.20. The Bertz CT molecular complexity index is 677. The lowest BCUT2D eigenvalue weighted by atomic mass is 9.60. The maximum absolute atomic E-state index is 6.59. The number of hydrogen-bond acceptors (Lipinski definition) is 4. The van der Waals surface area contributed by atoms with Gasteiger partial charge in [0.05, 0.1) is 0 Å². The van der Waals surface area contributed by atoms with Crippen molar-refractivity contribution in [2.24, 2.45) is 11.8 Å². The van der Waals surface area contributed by atoms with E-state index in [0.29, 0.717) is 17.8 Å². The van der Waals surface area contributed by atoms with Gasteiger partial charge in [0.2, 0.25) is 0 Å². The van der Waals surface area contributed by atoms with Gasteiger partial charge in [-0.15, -0.1) is 0 Å². The van der Waals surface area contributed by atoms with Crippen molar-refractivity contribution in [3.8, 4) is 0 Å². The SMILES string of the molecule is CC1(C)CC(C(c2ccc(N)cc2N)C2CC(C)(C)NC(C)(C)C2)CC(C)(C)N1. The van der Waals surface area contributed by atoms with Crippen LogP contribution >= 0.6 is 0 Å². The van der Waals surface area contributed by atoms with Gasteiger partial charge < -0.3 is 22.1 Å². The number of hydrogen-bond donors (Lipinski definition) is 4. The summed E-state index contributed by atoms with van der Waals surface area (Å²) in [6.45, 7) is 18.8. The summed E-state index contributed by atoms with van der Waals surface area (Å²) in [4.78, 5) is 0. The fourth-order valence-electron chi connectivity index (χ4n) is 7.10. The third kappa shape index (κ3) is 5.27. The Hall–Kier alpha value is -1.26. The second-order valence-corrected chi connectivity index (χ2v) is 12.5. The molecular formula is C25H44N4. The van der Waals surface area contributed by atoms with E-state index >= 15 is 0 Å². The van der Waals surface area contributed by atoms with Crippen LogP contribution in [0.1, 0.15) is 92.6 Å². The van der Waals surface area contributed by atoms with Crippen LogP contribution in [0.5, 0.6) is 0 Å². The summed E-state index contributed by atoms with van der Waals surface area (Å²) in [6.07, 6.45) is 4.65. The number of nitrogens with two attached hydrogens (primary N) is 2. The maximum Gasteiger partial charge on any atom is 0.0370 e. The Morgan fingerprint density at radius 3 is 1.45 bits per heavy atom. The Morgan fingerprint density at radius 1 is 0.724 bits per heavy atom. The second kappa shape index (κ2) is 7.16. The molecule has 2 saturated heterocycles. The van der Waals surface area contributed by atoms with Crippen molar-refractivity contribution in [2.75, 3.05) is 11.5 Å². The van der Waals surface area contributed by atoms with Crippen LogP contribution in [0.15, 0.2) is 18.2 Å². The van der Waals surface area contributed by atoms with Gasteiger partial charge in [-0.05, 0) is 117 Å². The zero-order chi connectivity index (χ0) is 21.8. The third-order valence-electron chi connectivity index (χ3n) is 6.93. The van der Waals surface area contributed by atoms with E-state index in [-0.39, 0.29) is 22.2 Å². The van der Waals surface area contributed by atoms with E-state index < -0.39 is 0 Å². The standard InChI is InChI=1S/C25H44N4/c1-22(2)12-16(13-23(3,4)28-22)21(19-10-9-18(26)11-20(19)27)17-14-24(5,6)29-25(7,8)15-17/h9-11,16-17,21,28-29H,12-15,26-27H2,1-8H3. The third-order valence-corrected chi connectivity index (χ3v) is 6.93. The summed E-state index contributed by atoms with van der Waals surface area (Å²) in [7, 11) is 0. The zero-order valence-corrected chi connectivity index (χ0v) is 19.9. The van der Waals surface area contributed by atoms with E-state index in [1.54, 1.807) is 0 Å². The fraction of sp³-hybridized carbons (Fsp3) is 0.760. The lowest BCUT2D eigenvalue weighted by Gasteiger charge is -2.54. The molecule has 2 aliphatic rings. The molecule has 0 atom stereocenters. The molecule has 0 saturated carbocycles. The molecule has 0 bridgehead atoms. The molecule has 2 heterocycles. The van der Waals surface area contributed by atoms with Crippen LogP contribution in [0.2, 0.25) is 0 Å². The topological polar surface area (TPSA) is 76.1 Å². The summed E-state index contributed by atoms with van der Waals surface area (Å²) in [5, 5.41) is 7.73. The average Bonchev–Trinajstić information content (AvgIpc) is 2.43. The van der Waals surface area contributed by atoms with Crippen LogP contribution in [0, 0.1) is 11.8 Å². The molecular weight excluding hydrogens is 356 g/mol. The first-order valence-electron chi connectivity index (χ1n) is 11.3. The van der Waals surface area contributed by atoms with Gasteiger partial charge in [-0.2, -0.15) is 0 Å². The van der Waals surface area contributed by atoms with Gasteiger partial charge in [0.1, 0.15) is 0 Å². The lowest BCUT2D eigenvalue weighted by Crippen LogP contribution is -2.61. The predicted octanol–water partition coefficient (Wildman–Crippen LogP) is 5.05.